The Morgan fingerprint density at radius 2 is 1.63 bits per heavy atom. The van der Waals surface area contributed by atoms with Gasteiger partial charge in [-0.05, 0) is 48.9 Å². The van der Waals surface area contributed by atoms with E-state index in [9.17, 15) is 14.4 Å². The van der Waals surface area contributed by atoms with Crippen molar-refractivity contribution in [1.82, 2.24) is 9.55 Å². The second-order valence-corrected chi connectivity index (χ2v) is 9.91. The Morgan fingerprint density at radius 3 is 2.42 bits per heavy atom. The Bertz CT molecular complexity index is 1730. The molecule has 0 aliphatic carbocycles. The fourth-order valence-electron chi connectivity index (χ4n) is 4.01. The molecule has 8 heteroatoms. The van der Waals surface area contributed by atoms with Gasteiger partial charge in [0.1, 0.15) is 0 Å². The molecular formula is C30H22ClN3O3S. The Morgan fingerprint density at radius 1 is 0.921 bits per heavy atom. The molecule has 0 fully saturated rings. The van der Waals surface area contributed by atoms with Crippen LogP contribution in [-0.4, -0.2) is 27.0 Å². The van der Waals surface area contributed by atoms with Gasteiger partial charge < -0.3 is 5.32 Å². The molecule has 0 atom stereocenters. The summed E-state index contributed by atoms with van der Waals surface area (Å²) in [5.41, 5.74) is 3.07. The first-order valence-corrected chi connectivity index (χ1v) is 13.2. The number of halogens is 1. The van der Waals surface area contributed by atoms with Crippen LogP contribution < -0.4 is 10.9 Å². The number of hydrogen-bond donors (Lipinski definition) is 1. The lowest BCUT2D eigenvalue weighted by molar-refractivity contribution is -0.113. The number of anilines is 1. The maximum atomic E-state index is 13.5. The number of hydrogen-bond acceptors (Lipinski definition) is 5. The summed E-state index contributed by atoms with van der Waals surface area (Å²) in [5, 5.41) is 4.19. The number of para-hydroxylation sites is 2. The van der Waals surface area contributed by atoms with Crippen molar-refractivity contribution in [2.75, 3.05) is 11.1 Å². The number of carbonyl (C=O) groups is 2. The molecule has 6 nitrogen and oxygen atoms in total. The lowest BCUT2D eigenvalue weighted by Crippen LogP contribution is -2.23. The molecule has 38 heavy (non-hydrogen) atoms. The third-order valence-corrected chi connectivity index (χ3v) is 7.32. The minimum absolute atomic E-state index is 0.0295. The summed E-state index contributed by atoms with van der Waals surface area (Å²) in [6.45, 7) is 1.88. The number of fused-ring (bicyclic) bond motifs is 1. The molecular weight excluding hydrogens is 518 g/mol. The van der Waals surface area contributed by atoms with E-state index in [1.165, 1.54) is 4.57 Å². The molecule has 0 spiro atoms. The van der Waals surface area contributed by atoms with Crippen LogP contribution in [0.5, 0.6) is 0 Å². The molecule has 1 heterocycles. The van der Waals surface area contributed by atoms with Crippen molar-refractivity contribution in [3.63, 3.8) is 0 Å². The number of amides is 1. The number of nitrogens with zero attached hydrogens (tertiary/aromatic N) is 2. The van der Waals surface area contributed by atoms with Crippen LogP contribution in [0, 0.1) is 6.92 Å². The quantitative estimate of drug-likeness (QED) is 0.149. The third kappa shape index (κ3) is 5.25. The topological polar surface area (TPSA) is 81.1 Å². The molecule has 1 aromatic heterocycles. The number of aromatic nitrogens is 2. The Labute approximate surface area is 228 Å². The van der Waals surface area contributed by atoms with Crippen molar-refractivity contribution in [3.8, 4) is 5.69 Å². The monoisotopic (exact) mass is 539 g/mol. The summed E-state index contributed by atoms with van der Waals surface area (Å²) in [4.78, 5) is 44.2. The normalized spacial score (nSPS) is 10.9. The van der Waals surface area contributed by atoms with E-state index in [0.717, 1.165) is 17.3 Å². The summed E-state index contributed by atoms with van der Waals surface area (Å²) >= 11 is 7.49. The highest BCUT2D eigenvalue weighted by Gasteiger charge is 2.18. The van der Waals surface area contributed by atoms with E-state index in [0.29, 0.717) is 43.6 Å². The number of nitrogens with one attached hydrogen (secondary N) is 1. The molecule has 5 rings (SSSR count). The highest BCUT2D eigenvalue weighted by atomic mass is 35.5. The van der Waals surface area contributed by atoms with Gasteiger partial charge in [0, 0.05) is 16.1 Å². The van der Waals surface area contributed by atoms with Crippen LogP contribution in [-0.2, 0) is 4.79 Å². The largest absolute Gasteiger partial charge is 0.325 e. The predicted molar refractivity (Wildman–Crippen MR) is 153 cm³/mol. The first-order valence-electron chi connectivity index (χ1n) is 11.8. The van der Waals surface area contributed by atoms with Crippen LogP contribution in [0.1, 0.15) is 21.5 Å². The molecule has 5 aromatic rings. The number of ketones is 1. The van der Waals surface area contributed by atoms with Crippen LogP contribution in [0.25, 0.3) is 16.6 Å². The van der Waals surface area contributed by atoms with Gasteiger partial charge in [0.25, 0.3) is 5.56 Å². The second kappa shape index (κ2) is 11.0. The standard InChI is InChI=1S/C30H22ClN3O3S/c1-19-15-16-21(17-24(19)31)34-29(37)23-12-6-8-14-26(23)33-30(34)38-18-27(35)32-25-13-7-5-11-22(25)28(36)20-9-3-2-4-10-20/h2-17H,18H2,1H3,(H,32,35). The average Bonchev–Trinajstić information content (AvgIpc) is 2.94. The Kier molecular flexibility index (Phi) is 7.40. The van der Waals surface area contributed by atoms with E-state index >= 15 is 0 Å². The number of rotatable bonds is 7. The van der Waals surface area contributed by atoms with Crippen molar-refractivity contribution in [2.45, 2.75) is 12.1 Å². The second-order valence-electron chi connectivity index (χ2n) is 8.56. The highest BCUT2D eigenvalue weighted by molar-refractivity contribution is 7.99. The first kappa shape index (κ1) is 25.4. The van der Waals surface area contributed by atoms with Crippen molar-refractivity contribution < 1.29 is 9.59 Å². The van der Waals surface area contributed by atoms with E-state index in [-0.39, 0.29) is 23.0 Å². The zero-order valence-corrected chi connectivity index (χ0v) is 21.9. The van der Waals surface area contributed by atoms with Crippen LogP contribution in [0.15, 0.2) is 107 Å². The Hall–Kier alpha value is -4.20. The minimum Gasteiger partial charge on any atom is -0.325 e. The van der Waals surface area contributed by atoms with Crippen molar-refractivity contribution >= 4 is 51.6 Å². The summed E-state index contributed by atoms with van der Waals surface area (Å²) in [6.07, 6.45) is 0. The molecule has 0 saturated heterocycles. The third-order valence-electron chi connectivity index (χ3n) is 5.97. The number of benzene rings is 4. The zero-order valence-electron chi connectivity index (χ0n) is 20.4. The summed E-state index contributed by atoms with van der Waals surface area (Å²) in [6, 6.07) is 28.2. The van der Waals surface area contributed by atoms with Gasteiger partial charge in [-0.15, -0.1) is 0 Å². The van der Waals surface area contributed by atoms with Crippen LogP contribution >= 0.6 is 23.4 Å². The van der Waals surface area contributed by atoms with Crippen molar-refractivity contribution in [2.24, 2.45) is 0 Å². The summed E-state index contributed by atoms with van der Waals surface area (Å²) in [7, 11) is 0. The summed E-state index contributed by atoms with van der Waals surface area (Å²) in [5.74, 6) is -0.548. The van der Waals surface area contributed by atoms with Crippen LogP contribution in [0.4, 0.5) is 5.69 Å². The molecule has 188 valence electrons. The smallest absolute Gasteiger partial charge is 0.266 e. The molecule has 1 amide bonds. The fourth-order valence-corrected chi connectivity index (χ4v) is 5.00. The van der Waals surface area contributed by atoms with Gasteiger partial charge in [0.2, 0.25) is 5.91 Å². The predicted octanol–water partition coefficient (Wildman–Crippen LogP) is 6.31. The number of thioether (sulfide) groups is 1. The molecule has 0 bridgehead atoms. The fraction of sp³-hybridized carbons (Fsp3) is 0.0667. The van der Waals surface area contributed by atoms with E-state index in [1.54, 1.807) is 78.9 Å². The molecule has 0 aliphatic heterocycles. The lowest BCUT2D eigenvalue weighted by Gasteiger charge is -2.14. The van der Waals surface area contributed by atoms with Gasteiger partial charge in [-0.1, -0.05) is 84.0 Å². The SMILES string of the molecule is Cc1ccc(-n2c(SCC(=O)Nc3ccccc3C(=O)c3ccccc3)nc3ccccc3c2=O)cc1Cl. The molecule has 4 aromatic carbocycles. The Balaban J connectivity index is 1.43. The van der Waals surface area contributed by atoms with Gasteiger partial charge in [-0.2, -0.15) is 0 Å². The maximum Gasteiger partial charge on any atom is 0.266 e. The molecule has 0 radical (unpaired) electrons. The van der Waals surface area contributed by atoms with Crippen molar-refractivity contribution in [3.05, 3.63) is 129 Å². The van der Waals surface area contributed by atoms with E-state index in [4.69, 9.17) is 11.6 Å². The summed E-state index contributed by atoms with van der Waals surface area (Å²) < 4.78 is 1.47. The molecule has 1 N–H and O–H groups in total. The molecule has 0 saturated carbocycles. The van der Waals surface area contributed by atoms with Gasteiger partial charge in [-0.3, -0.25) is 19.0 Å². The van der Waals surface area contributed by atoms with Gasteiger partial charge >= 0.3 is 0 Å². The van der Waals surface area contributed by atoms with Gasteiger partial charge in [0.15, 0.2) is 10.9 Å². The lowest BCUT2D eigenvalue weighted by atomic mass is 10.0. The van der Waals surface area contributed by atoms with E-state index < -0.39 is 0 Å². The zero-order chi connectivity index (χ0) is 26.6. The van der Waals surface area contributed by atoms with Crippen LogP contribution in [0.3, 0.4) is 0 Å². The van der Waals surface area contributed by atoms with Crippen LogP contribution in [0.2, 0.25) is 5.02 Å². The van der Waals surface area contributed by atoms with E-state index in [2.05, 4.69) is 10.3 Å². The van der Waals surface area contributed by atoms with Gasteiger partial charge in [0.05, 0.1) is 28.0 Å². The highest BCUT2D eigenvalue weighted by Crippen LogP contribution is 2.25. The first-order chi connectivity index (χ1) is 18.4. The van der Waals surface area contributed by atoms with Crippen molar-refractivity contribution in [1.29, 1.82) is 0 Å². The maximum absolute atomic E-state index is 13.5. The average molecular weight is 540 g/mol. The minimum atomic E-state index is -0.334. The van der Waals surface area contributed by atoms with E-state index in [1.807, 2.05) is 25.1 Å². The molecule has 0 aliphatic rings. The molecule has 0 unspecified atom stereocenters. The number of carbonyl (C=O) groups excluding carboxylic acids is 2. The van der Waals surface area contributed by atoms with Gasteiger partial charge in [-0.25, -0.2) is 4.98 Å². The number of aryl methyl sites for hydroxylation is 1.